The van der Waals surface area contributed by atoms with Gasteiger partial charge in [-0.2, -0.15) is 4.98 Å². The van der Waals surface area contributed by atoms with Crippen molar-refractivity contribution >= 4 is 23.6 Å². The lowest BCUT2D eigenvalue weighted by Crippen LogP contribution is -2.25. The van der Waals surface area contributed by atoms with Crippen LogP contribution in [0.25, 0.3) is 0 Å². The van der Waals surface area contributed by atoms with E-state index in [1.165, 1.54) is 22.9 Å². The summed E-state index contributed by atoms with van der Waals surface area (Å²) in [6.45, 7) is 0.0743. The number of H-pyrrole nitrogens is 1. The highest BCUT2D eigenvalue weighted by atomic mass is 32.2. The van der Waals surface area contributed by atoms with E-state index in [2.05, 4.69) is 44.8 Å². The molecule has 1 aromatic heterocycles. The van der Waals surface area contributed by atoms with Crippen molar-refractivity contribution in [2.24, 2.45) is 5.92 Å². The quantitative estimate of drug-likeness (QED) is 0.723. The Morgan fingerprint density at radius 3 is 3.21 bits per heavy atom. The largest absolute Gasteiger partial charge is 0.396 e. The second-order valence-electron chi connectivity index (χ2n) is 6.45. The zero-order valence-electron chi connectivity index (χ0n) is 13.3. The molecule has 2 aliphatic rings. The van der Waals surface area contributed by atoms with E-state index in [0.717, 1.165) is 25.7 Å². The van der Waals surface area contributed by atoms with Gasteiger partial charge in [-0.05, 0) is 36.8 Å². The van der Waals surface area contributed by atoms with E-state index < -0.39 is 0 Å². The van der Waals surface area contributed by atoms with E-state index in [4.69, 9.17) is 5.11 Å². The number of carbonyl (C=O) groups excluding carboxylic acids is 1. The van der Waals surface area contributed by atoms with Crippen molar-refractivity contribution in [2.45, 2.75) is 36.3 Å². The topological polar surface area (TPSA) is 90.9 Å². The molecule has 2 atom stereocenters. The summed E-state index contributed by atoms with van der Waals surface area (Å²) in [6, 6.07) is 8.51. The highest BCUT2D eigenvalue weighted by Gasteiger charge is 2.60. The summed E-state index contributed by atoms with van der Waals surface area (Å²) < 4.78 is 0. The lowest BCUT2D eigenvalue weighted by atomic mass is 9.78. The van der Waals surface area contributed by atoms with Gasteiger partial charge in [-0.1, -0.05) is 36.0 Å². The number of hydrogen-bond acceptors (Lipinski definition) is 5. The summed E-state index contributed by atoms with van der Waals surface area (Å²) in [5.74, 6) is 0.944. The zero-order valence-corrected chi connectivity index (χ0v) is 14.1. The van der Waals surface area contributed by atoms with Crippen molar-refractivity contribution in [1.29, 1.82) is 0 Å². The minimum atomic E-state index is 0.0117. The standard InChI is InChI=1S/C17H20N4O2S/c22-8-9-24-16-19-15(20-21-16)18-14(23)13-10-17(13)7-3-5-11-4-1-2-6-12(11)17/h1-2,4,6,13,22H,3,5,7-10H2,(H2,18,19,20,21,23). The maximum absolute atomic E-state index is 12.6. The molecule has 1 aromatic carbocycles. The summed E-state index contributed by atoms with van der Waals surface area (Å²) in [5, 5.41) is 19.0. The number of fused-ring (bicyclic) bond motifs is 2. The van der Waals surface area contributed by atoms with E-state index in [-0.39, 0.29) is 23.8 Å². The van der Waals surface area contributed by atoms with E-state index in [9.17, 15) is 4.79 Å². The van der Waals surface area contributed by atoms with E-state index in [1.54, 1.807) is 0 Å². The van der Waals surface area contributed by atoms with Gasteiger partial charge in [0.05, 0.1) is 6.61 Å². The number of aromatic amines is 1. The van der Waals surface area contributed by atoms with E-state index in [0.29, 0.717) is 16.9 Å². The first kappa shape index (κ1) is 15.7. The number of aliphatic hydroxyl groups excluding tert-OH is 1. The second kappa shape index (κ2) is 6.22. The van der Waals surface area contributed by atoms with Crippen LogP contribution in [0.15, 0.2) is 29.4 Å². The monoisotopic (exact) mass is 344 g/mol. The first-order valence-corrected chi connectivity index (χ1v) is 9.27. The zero-order chi connectivity index (χ0) is 16.6. The molecule has 0 aliphatic heterocycles. The summed E-state index contributed by atoms with van der Waals surface area (Å²) in [7, 11) is 0. The van der Waals surface area contributed by atoms with Gasteiger partial charge in [-0.25, -0.2) is 5.10 Å². The van der Waals surface area contributed by atoms with E-state index in [1.807, 2.05) is 0 Å². The molecule has 24 heavy (non-hydrogen) atoms. The molecule has 1 spiro atoms. The van der Waals surface area contributed by atoms with Crippen LogP contribution in [0.5, 0.6) is 0 Å². The third-order valence-corrected chi connectivity index (χ3v) is 5.87. The Morgan fingerprint density at radius 1 is 1.46 bits per heavy atom. The molecule has 0 bridgehead atoms. The summed E-state index contributed by atoms with van der Waals surface area (Å²) in [6.07, 6.45) is 4.25. The van der Waals surface area contributed by atoms with Crippen LogP contribution in [0, 0.1) is 5.92 Å². The predicted molar refractivity (Wildman–Crippen MR) is 92.0 cm³/mol. The minimum Gasteiger partial charge on any atom is -0.396 e. The molecule has 7 heteroatoms. The third kappa shape index (κ3) is 2.71. The number of rotatable bonds is 5. The number of benzene rings is 1. The number of anilines is 1. The molecule has 2 unspecified atom stereocenters. The number of aliphatic hydroxyl groups is 1. The van der Waals surface area contributed by atoms with Crippen molar-refractivity contribution in [3.8, 4) is 0 Å². The Bertz CT molecular complexity index is 763. The average molecular weight is 344 g/mol. The molecule has 1 saturated carbocycles. The Kier molecular flexibility index (Phi) is 4.05. The SMILES string of the molecule is O=C(Nc1nc(SCCO)n[nH]1)C1CC12CCCc1ccccc12. The highest BCUT2D eigenvalue weighted by molar-refractivity contribution is 7.99. The maximum atomic E-state index is 12.6. The Balaban J connectivity index is 1.45. The normalized spacial score (nSPS) is 24.6. The molecule has 1 fully saturated rings. The van der Waals surface area contributed by atoms with Crippen LogP contribution in [-0.2, 0) is 16.6 Å². The number of nitrogens with one attached hydrogen (secondary N) is 2. The second-order valence-corrected chi connectivity index (χ2v) is 7.51. The molecule has 2 aliphatic carbocycles. The van der Waals surface area contributed by atoms with Crippen LogP contribution in [-0.4, -0.2) is 38.6 Å². The predicted octanol–water partition coefficient (Wildman–Crippen LogP) is 2.12. The summed E-state index contributed by atoms with van der Waals surface area (Å²) >= 11 is 1.35. The fourth-order valence-corrected chi connectivity index (χ4v) is 4.42. The summed E-state index contributed by atoms with van der Waals surface area (Å²) in [5.41, 5.74) is 2.77. The Labute approximate surface area is 144 Å². The minimum absolute atomic E-state index is 0.0117. The first-order valence-electron chi connectivity index (χ1n) is 8.28. The number of amides is 1. The average Bonchev–Trinajstić information content (AvgIpc) is 3.14. The van der Waals surface area contributed by atoms with Gasteiger partial charge in [-0.3, -0.25) is 10.1 Å². The molecular formula is C17H20N4O2S. The molecule has 3 N–H and O–H groups in total. The van der Waals surface area contributed by atoms with Gasteiger partial charge in [-0.15, -0.1) is 5.10 Å². The third-order valence-electron chi connectivity index (χ3n) is 5.04. The number of thioether (sulfide) groups is 1. The fraction of sp³-hybridized carbons (Fsp3) is 0.471. The van der Waals surface area contributed by atoms with Gasteiger partial charge in [0.2, 0.25) is 17.0 Å². The molecule has 0 radical (unpaired) electrons. The number of carbonyl (C=O) groups is 1. The lowest BCUT2D eigenvalue weighted by molar-refractivity contribution is -0.117. The number of hydrogen-bond donors (Lipinski definition) is 3. The summed E-state index contributed by atoms with van der Waals surface area (Å²) in [4.78, 5) is 16.9. The lowest BCUT2D eigenvalue weighted by Gasteiger charge is -2.26. The number of aromatic nitrogens is 3. The molecular weight excluding hydrogens is 324 g/mol. The van der Waals surface area contributed by atoms with Gasteiger partial charge in [0.25, 0.3) is 0 Å². The fourth-order valence-electron chi connectivity index (χ4n) is 3.88. The highest BCUT2D eigenvalue weighted by Crippen LogP contribution is 2.60. The molecule has 0 saturated heterocycles. The van der Waals surface area contributed by atoms with Crippen LogP contribution >= 0.6 is 11.8 Å². The molecule has 2 aromatic rings. The van der Waals surface area contributed by atoms with Crippen LogP contribution in [0.1, 0.15) is 30.4 Å². The molecule has 126 valence electrons. The number of nitrogens with zero attached hydrogens (tertiary/aromatic N) is 2. The number of aryl methyl sites for hydroxylation is 1. The van der Waals surface area contributed by atoms with Crippen molar-refractivity contribution in [3.63, 3.8) is 0 Å². The van der Waals surface area contributed by atoms with Crippen molar-refractivity contribution in [3.05, 3.63) is 35.4 Å². The van der Waals surface area contributed by atoms with Crippen molar-refractivity contribution in [2.75, 3.05) is 17.7 Å². The van der Waals surface area contributed by atoms with Gasteiger partial charge in [0.1, 0.15) is 0 Å². The van der Waals surface area contributed by atoms with Crippen LogP contribution in [0.4, 0.5) is 5.95 Å². The van der Waals surface area contributed by atoms with Crippen LogP contribution in [0.3, 0.4) is 0 Å². The van der Waals surface area contributed by atoms with Gasteiger partial charge in [0, 0.05) is 17.1 Å². The molecule has 4 rings (SSSR count). The molecule has 6 nitrogen and oxygen atoms in total. The van der Waals surface area contributed by atoms with Gasteiger partial charge < -0.3 is 5.11 Å². The first-order chi connectivity index (χ1) is 11.7. The maximum Gasteiger partial charge on any atom is 0.230 e. The Morgan fingerprint density at radius 2 is 2.33 bits per heavy atom. The van der Waals surface area contributed by atoms with E-state index >= 15 is 0 Å². The van der Waals surface area contributed by atoms with Crippen LogP contribution < -0.4 is 5.32 Å². The molecule has 1 amide bonds. The Hall–Kier alpha value is -1.86. The smallest absolute Gasteiger partial charge is 0.230 e. The molecule has 1 heterocycles. The van der Waals surface area contributed by atoms with Crippen LogP contribution in [0.2, 0.25) is 0 Å². The van der Waals surface area contributed by atoms with Gasteiger partial charge >= 0.3 is 0 Å². The van der Waals surface area contributed by atoms with Crippen molar-refractivity contribution in [1.82, 2.24) is 15.2 Å². The van der Waals surface area contributed by atoms with Gasteiger partial charge in [0.15, 0.2) is 0 Å². The van der Waals surface area contributed by atoms with Crippen molar-refractivity contribution < 1.29 is 9.90 Å².